The molecule has 3 rings (SSSR count). The van der Waals surface area contributed by atoms with Crippen LogP contribution in [0.4, 0.5) is 0 Å². The summed E-state index contributed by atoms with van der Waals surface area (Å²) >= 11 is 0. The van der Waals surface area contributed by atoms with E-state index in [9.17, 15) is 9.59 Å². The summed E-state index contributed by atoms with van der Waals surface area (Å²) in [4.78, 5) is 28.7. The molecule has 0 saturated heterocycles. The fraction of sp³-hybridized carbons (Fsp3) is 0.333. The van der Waals surface area contributed by atoms with Crippen LogP contribution in [0.3, 0.4) is 0 Å². The molecule has 0 aliphatic rings. The summed E-state index contributed by atoms with van der Waals surface area (Å²) in [5, 5.41) is 3.05. The lowest BCUT2D eigenvalue weighted by atomic mass is 10.0. The molecule has 5 heteroatoms. The molecular weight excluding hydrogens is 436 g/mol. The number of carbonyl (C=O) groups is 2. The molecule has 3 aromatic carbocycles. The van der Waals surface area contributed by atoms with Gasteiger partial charge in [-0.05, 0) is 49.1 Å². The molecule has 35 heavy (non-hydrogen) atoms. The van der Waals surface area contributed by atoms with Gasteiger partial charge in [-0.15, -0.1) is 0 Å². The Balaban J connectivity index is 1.88. The Morgan fingerprint density at radius 1 is 0.914 bits per heavy atom. The zero-order valence-electron chi connectivity index (χ0n) is 21.0. The normalized spacial score (nSPS) is 11.5. The number of unbranched alkanes of at least 4 members (excludes halogenated alkanes) is 1. The van der Waals surface area contributed by atoms with Gasteiger partial charge < -0.3 is 15.0 Å². The monoisotopic (exact) mass is 472 g/mol. The minimum atomic E-state index is -0.650. The van der Waals surface area contributed by atoms with Crippen molar-refractivity contribution in [2.45, 2.75) is 52.6 Å². The van der Waals surface area contributed by atoms with E-state index in [0.717, 1.165) is 35.1 Å². The third-order valence-corrected chi connectivity index (χ3v) is 6.09. The lowest BCUT2D eigenvalue weighted by Crippen LogP contribution is -2.52. The topological polar surface area (TPSA) is 58.6 Å². The van der Waals surface area contributed by atoms with Crippen LogP contribution in [-0.2, 0) is 22.6 Å². The third-order valence-electron chi connectivity index (χ3n) is 6.09. The fourth-order valence-corrected chi connectivity index (χ4v) is 3.89. The Morgan fingerprint density at radius 3 is 2.29 bits per heavy atom. The van der Waals surface area contributed by atoms with E-state index in [-0.39, 0.29) is 18.4 Å². The van der Waals surface area contributed by atoms with Gasteiger partial charge in [-0.2, -0.15) is 0 Å². The maximum atomic E-state index is 13.6. The molecule has 0 radical (unpaired) electrons. The summed E-state index contributed by atoms with van der Waals surface area (Å²) in [6.45, 7) is 6.90. The number of rotatable bonds is 12. The molecule has 3 aromatic rings. The van der Waals surface area contributed by atoms with Gasteiger partial charge in [0.25, 0.3) is 5.91 Å². The summed E-state index contributed by atoms with van der Waals surface area (Å²) in [5.41, 5.74) is 4.21. The van der Waals surface area contributed by atoms with Crippen molar-refractivity contribution in [1.29, 1.82) is 0 Å². The minimum Gasteiger partial charge on any atom is -0.484 e. The summed E-state index contributed by atoms with van der Waals surface area (Å²) < 4.78 is 5.83. The molecule has 0 saturated carbocycles. The number of amides is 2. The average Bonchev–Trinajstić information content (AvgIpc) is 2.87. The van der Waals surface area contributed by atoms with Crippen molar-refractivity contribution in [3.63, 3.8) is 0 Å². The van der Waals surface area contributed by atoms with Crippen LogP contribution >= 0.6 is 0 Å². The van der Waals surface area contributed by atoms with E-state index < -0.39 is 6.04 Å². The molecule has 0 aromatic heterocycles. The van der Waals surface area contributed by atoms with Gasteiger partial charge in [0.2, 0.25) is 5.91 Å². The number of carbonyl (C=O) groups excluding carboxylic acids is 2. The quantitative estimate of drug-likeness (QED) is 0.367. The molecule has 1 N–H and O–H groups in total. The van der Waals surface area contributed by atoms with Crippen molar-refractivity contribution in [1.82, 2.24) is 10.2 Å². The summed E-state index contributed by atoms with van der Waals surface area (Å²) in [5.74, 6) is 0.270. The molecule has 0 aliphatic carbocycles. The fourth-order valence-electron chi connectivity index (χ4n) is 3.89. The van der Waals surface area contributed by atoms with Crippen molar-refractivity contribution in [2.24, 2.45) is 0 Å². The highest BCUT2D eigenvalue weighted by atomic mass is 16.5. The second kappa shape index (κ2) is 13.3. The van der Waals surface area contributed by atoms with Crippen molar-refractivity contribution < 1.29 is 14.3 Å². The molecule has 5 nitrogen and oxygen atoms in total. The summed E-state index contributed by atoms with van der Waals surface area (Å²) in [6, 6.07) is 24.8. The Kier molecular flexibility index (Phi) is 9.91. The number of benzene rings is 3. The number of hydrogen-bond donors (Lipinski definition) is 1. The second-order valence-corrected chi connectivity index (χ2v) is 8.90. The lowest BCUT2D eigenvalue weighted by Gasteiger charge is -2.32. The van der Waals surface area contributed by atoms with Crippen molar-refractivity contribution in [2.75, 3.05) is 13.2 Å². The van der Waals surface area contributed by atoms with Gasteiger partial charge in [-0.25, -0.2) is 0 Å². The highest BCUT2D eigenvalue weighted by Crippen LogP contribution is 2.18. The number of aryl methyl sites for hydroxylation is 2. The van der Waals surface area contributed by atoms with Gasteiger partial charge in [0.05, 0.1) is 0 Å². The largest absolute Gasteiger partial charge is 0.484 e. The van der Waals surface area contributed by atoms with Gasteiger partial charge >= 0.3 is 0 Å². The van der Waals surface area contributed by atoms with E-state index in [4.69, 9.17) is 4.74 Å². The predicted molar refractivity (Wildman–Crippen MR) is 140 cm³/mol. The second-order valence-electron chi connectivity index (χ2n) is 8.90. The number of nitrogens with zero attached hydrogens (tertiary/aromatic N) is 1. The van der Waals surface area contributed by atoms with Gasteiger partial charge in [0, 0.05) is 19.5 Å². The Bertz CT molecular complexity index is 1080. The molecule has 1 unspecified atom stereocenters. The van der Waals surface area contributed by atoms with Crippen molar-refractivity contribution in [3.8, 4) is 5.75 Å². The molecule has 0 aliphatic heterocycles. The van der Waals surface area contributed by atoms with Crippen LogP contribution in [0.2, 0.25) is 0 Å². The van der Waals surface area contributed by atoms with Crippen LogP contribution in [0.15, 0.2) is 78.9 Å². The first kappa shape index (κ1) is 26.0. The highest BCUT2D eigenvalue weighted by Gasteiger charge is 2.30. The Morgan fingerprint density at radius 2 is 1.60 bits per heavy atom. The van der Waals surface area contributed by atoms with E-state index in [2.05, 4.69) is 12.2 Å². The zero-order valence-corrected chi connectivity index (χ0v) is 21.0. The van der Waals surface area contributed by atoms with Gasteiger partial charge in [0.15, 0.2) is 6.61 Å². The predicted octanol–water partition coefficient (Wildman–Crippen LogP) is 5.24. The first-order chi connectivity index (χ1) is 17.0. The maximum Gasteiger partial charge on any atom is 0.261 e. The molecule has 184 valence electrons. The molecular formula is C30H36N2O3. The number of ether oxygens (including phenoxy) is 1. The van der Waals surface area contributed by atoms with Gasteiger partial charge in [0.1, 0.15) is 11.8 Å². The van der Waals surface area contributed by atoms with Crippen LogP contribution in [0.1, 0.15) is 42.0 Å². The molecule has 0 heterocycles. The van der Waals surface area contributed by atoms with Crippen LogP contribution in [0.25, 0.3) is 0 Å². The first-order valence-corrected chi connectivity index (χ1v) is 12.3. The first-order valence-electron chi connectivity index (χ1n) is 12.3. The standard InChI is InChI=1S/C30H36N2O3/c1-4-5-19-31-30(34)28(20-25-12-7-6-8-13-25)32(21-26-14-10-9-11-24(26)3)29(33)22-35-27-17-15-23(2)16-18-27/h6-18,28H,4-5,19-22H2,1-3H3,(H,31,34). The van der Waals surface area contributed by atoms with Crippen LogP contribution in [-0.4, -0.2) is 35.9 Å². The van der Waals surface area contributed by atoms with E-state index in [1.54, 1.807) is 4.90 Å². The SMILES string of the molecule is CCCCNC(=O)C(Cc1ccccc1)N(Cc1ccccc1C)C(=O)COc1ccc(C)cc1. The van der Waals surface area contributed by atoms with Crippen molar-refractivity contribution in [3.05, 3.63) is 101 Å². The Hall–Kier alpha value is -3.60. The van der Waals surface area contributed by atoms with E-state index >= 15 is 0 Å². The number of nitrogens with one attached hydrogen (secondary N) is 1. The smallest absolute Gasteiger partial charge is 0.261 e. The van der Waals surface area contributed by atoms with Crippen LogP contribution in [0, 0.1) is 13.8 Å². The Labute approximate surface area is 209 Å². The molecule has 0 spiro atoms. The maximum absolute atomic E-state index is 13.6. The average molecular weight is 473 g/mol. The molecule has 0 fully saturated rings. The molecule has 2 amide bonds. The van der Waals surface area contributed by atoms with E-state index in [1.807, 2.05) is 92.7 Å². The van der Waals surface area contributed by atoms with Gasteiger partial charge in [-0.3, -0.25) is 9.59 Å². The van der Waals surface area contributed by atoms with Crippen LogP contribution in [0.5, 0.6) is 5.75 Å². The number of hydrogen-bond acceptors (Lipinski definition) is 3. The lowest BCUT2D eigenvalue weighted by molar-refractivity contribution is -0.142. The van der Waals surface area contributed by atoms with E-state index in [1.165, 1.54) is 0 Å². The highest BCUT2D eigenvalue weighted by molar-refractivity contribution is 5.88. The summed E-state index contributed by atoms with van der Waals surface area (Å²) in [7, 11) is 0. The van der Waals surface area contributed by atoms with Crippen molar-refractivity contribution >= 4 is 11.8 Å². The van der Waals surface area contributed by atoms with E-state index in [0.29, 0.717) is 25.3 Å². The van der Waals surface area contributed by atoms with Gasteiger partial charge in [-0.1, -0.05) is 85.6 Å². The minimum absolute atomic E-state index is 0.136. The van der Waals surface area contributed by atoms with Crippen LogP contribution < -0.4 is 10.1 Å². The third kappa shape index (κ3) is 7.99. The molecule has 1 atom stereocenters. The molecule has 0 bridgehead atoms. The zero-order chi connectivity index (χ0) is 25.0. The summed E-state index contributed by atoms with van der Waals surface area (Å²) in [6.07, 6.45) is 2.31.